The van der Waals surface area contributed by atoms with Gasteiger partial charge in [-0.2, -0.15) is 0 Å². The van der Waals surface area contributed by atoms with Crippen LogP contribution in [-0.2, 0) is 19.7 Å². The van der Waals surface area contributed by atoms with Gasteiger partial charge in [0.1, 0.15) is 5.82 Å². The standard InChI is InChI=1S/C15H15BrFNO/c16-15-6-5-14(17)7-13(15)9-18-8-11-1-3-12(10-19)4-2-11/h1-7,18-19H,8-10H2. The fraction of sp³-hybridized carbons (Fsp3) is 0.200. The molecule has 0 saturated heterocycles. The third-order valence-corrected chi connectivity index (χ3v) is 3.63. The van der Waals surface area contributed by atoms with Crippen LogP contribution >= 0.6 is 15.9 Å². The van der Waals surface area contributed by atoms with Crippen LogP contribution in [0.15, 0.2) is 46.9 Å². The maximum Gasteiger partial charge on any atom is 0.123 e. The molecule has 2 N–H and O–H groups in total. The lowest BCUT2D eigenvalue weighted by Crippen LogP contribution is -2.13. The number of benzene rings is 2. The Labute approximate surface area is 120 Å². The van der Waals surface area contributed by atoms with Crippen molar-refractivity contribution in [2.75, 3.05) is 0 Å². The molecule has 0 radical (unpaired) electrons. The van der Waals surface area contributed by atoms with E-state index in [1.807, 2.05) is 24.3 Å². The minimum Gasteiger partial charge on any atom is -0.392 e. The largest absolute Gasteiger partial charge is 0.392 e. The summed E-state index contributed by atoms with van der Waals surface area (Å²) < 4.78 is 14.0. The van der Waals surface area contributed by atoms with Gasteiger partial charge < -0.3 is 10.4 Å². The summed E-state index contributed by atoms with van der Waals surface area (Å²) in [4.78, 5) is 0. The van der Waals surface area contributed by atoms with Gasteiger partial charge in [0.2, 0.25) is 0 Å². The maximum absolute atomic E-state index is 13.1. The van der Waals surface area contributed by atoms with Crippen molar-refractivity contribution in [3.63, 3.8) is 0 Å². The second-order valence-corrected chi connectivity index (χ2v) is 5.17. The van der Waals surface area contributed by atoms with Crippen LogP contribution in [0, 0.1) is 5.82 Å². The molecule has 0 spiro atoms. The van der Waals surface area contributed by atoms with Crippen LogP contribution in [-0.4, -0.2) is 5.11 Å². The zero-order valence-electron chi connectivity index (χ0n) is 10.4. The van der Waals surface area contributed by atoms with E-state index < -0.39 is 0 Å². The minimum atomic E-state index is -0.229. The minimum absolute atomic E-state index is 0.0595. The monoisotopic (exact) mass is 323 g/mol. The SMILES string of the molecule is OCc1ccc(CNCc2cc(F)ccc2Br)cc1. The average Bonchev–Trinajstić information content (AvgIpc) is 2.43. The van der Waals surface area contributed by atoms with Gasteiger partial charge in [-0.15, -0.1) is 0 Å². The Bertz CT molecular complexity index is 542. The molecule has 0 aliphatic rings. The van der Waals surface area contributed by atoms with Gasteiger partial charge in [-0.3, -0.25) is 0 Å². The lowest BCUT2D eigenvalue weighted by Gasteiger charge is -2.08. The highest BCUT2D eigenvalue weighted by Gasteiger charge is 2.01. The van der Waals surface area contributed by atoms with Crippen LogP contribution in [0.1, 0.15) is 16.7 Å². The third kappa shape index (κ3) is 4.13. The molecule has 19 heavy (non-hydrogen) atoms. The van der Waals surface area contributed by atoms with E-state index in [4.69, 9.17) is 5.11 Å². The molecule has 100 valence electrons. The molecule has 0 bridgehead atoms. The van der Waals surface area contributed by atoms with Gasteiger partial charge in [0.05, 0.1) is 6.61 Å². The Morgan fingerprint density at radius 1 is 1.00 bits per heavy atom. The van der Waals surface area contributed by atoms with E-state index in [9.17, 15) is 4.39 Å². The molecule has 0 aliphatic heterocycles. The maximum atomic E-state index is 13.1. The zero-order chi connectivity index (χ0) is 13.7. The quantitative estimate of drug-likeness (QED) is 0.884. The molecule has 0 saturated carbocycles. The van der Waals surface area contributed by atoms with Crippen molar-refractivity contribution in [3.05, 3.63) is 69.4 Å². The number of aliphatic hydroxyl groups excluding tert-OH is 1. The molecule has 4 heteroatoms. The Morgan fingerprint density at radius 3 is 2.37 bits per heavy atom. The Hall–Kier alpha value is -1.23. The van der Waals surface area contributed by atoms with Crippen molar-refractivity contribution >= 4 is 15.9 Å². The molecule has 2 nitrogen and oxygen atoms in total. The highest BCUT2D eigenvalue weighted by Crippen LogP contribution is 2.17. The Morgan fingerprint density at radius 2 is 1.68 bits per heavy atom. The van der Waals surface area contributed by atoms with Crippen molar-refractivity contribution in [3.8, 4) is 0 Å². The fourth-order valence-corrected chi connectivity index (χ4v) is 2.17. The van der Waals surface area contributed by atoms with Crippen molar-refractivity contribution in [2.24, 2.45) is 0 Å². The van der Waals surface area contributed by atoms with Crippen LogP contribution in [0.2, 0.25) is 0 Å². The Balaban J connectivity index is 1.90. The van der Waals surface area contributed by atoms with E-state index in [0.29, 0.717) is 13.1 Å². The molecular weight excluding hydrogens is 309 g/mol. The van der Waals surface area contributed by atoms with Gasteiger partial charge in [0, 0.05) is 17.6 Å². The van der Waals surface area contributed by atoms with E-state index in [1.165, 1.54) is 12.1 Å². The molecule has 0 aliphatic carbocycles. The van der Waals surface area contributed by atoms with Crippen LogP contribution < -0.4 is 5.32 Å². The van der Waals surface area contributed by atoms with Crippen molar-refractivity contribution in [1.82, 2.24) is 5.32 Å². The number of aliphatic hydroxyl groups is 1. The van der Waals surface area contributed by atoms with Crippen molar-refractivity contribution in [1.29, 1.82) is 0 Å². The molecular formula is C15H15BrFNO. The molecule has 0 unspecified atom stereocenters. The molecule has 0 aromatic heterocycles. The predicted octanol–water partition coefficient (Wildman–Crippen LogP) is 3.37. The van der Waals surface area contributed by atoms with Crippen LogP contribution in [0.25, 0.3) is 0 Å². The Kier molecular flexibility index (Phi) is 5.07. The molecule has 0 atom stereocenters. The second kappa shape index (κ2) is 6.80. The average molecular weight is 324 g/mol. The molecule has 0 amide bonds. The summed E-state index contributed by atoms with van der Waals surface area (Å²) in [6.07, 6.45) is 0. The summed E-state index contributed by atoms with van der Waals surface area (Å²) in [6.45, 7) is 1.36. The number of halogens is 2. The first kappa shape index (κ1) is 14.2. The molecule has 0 fully saturated rings. The fourth-order valence-electron chi connectivity index (χ4n) is 1.78. The molecule has 2 rings (SSSR count). The number of hydrogen-bond donors (Lipinski definition) is 2. The van der Waals surface area contributed by atoms with Gasteiger partial charge in [-0.1, -0.05) is 40.2 Å². The zero-order valence-corrected chi connectivity index (χ0v) is 12.0. The molecule has 0 heterocycles. The van der Waals surface area contributed by atoms with Gasteiger partial charge in [0.15, 0.2) is 0 Å². The third-order valence-electron chi connectivity index (χ3n) is 2.86. The van der Waals surface area contributed by atoms with Crippen molar-refractivity contribution in [2.45, 2.75) is 19.7 Å². The van der Waals surface area contributed by atoms with E-state index >= 15 is 0 Å². The van der Waals surface area contributed by atoms with Gasteiger partial charge >= 0.3 is 0 Å². The van der Waals surface area contributed by atoms with E-state index in [1.54, 1.807) is 6.07 Å². The van der Waals surface area contributed by atoms with Gasteiger partial charge in [0.25, 0.3) is 0 Å². The summed E-state index contributed by atoms with van der Waals surface area (Å²) in [5.41, 5.74) is 2.92. The highest BCUT2D eigenvalue weighted by molar-refractivity contribution is 9.10. The topological polar surface area (TPSA) is 32.3 Å². The van der Waals surface area contributed by atoms with Gasteiger partial charge in [-0.05, 0) is 34.9 Å². The predicted molar refractivity (Wildman–Crippen MR) is 77.0 cm³/mol. The second-order valence-electron chi connectivity index (χ2n) is 4.31. The molecule has 2 aromatic carbocycles. The summed E-state index contributed by atoms with van der Waals surface area (Å²) in [5.74, 6) is -0.229. The smallest absolute Gasteiger partial charge is 0.123 e. The highest BCUT2D eigenvalue weighted by atomic mass is 79.9. The van der Waals surface area contributed by atoms with Gasteiger partial charge in [-0.25, -0.2) is 4.39 Å². The van der Waals surface area contributed by atoms with Crippen LogP contribution in [0.5, 0.6) is 0 Å². The van der Waals surface area contributed by atoms with Crippen molar-refractivity contribution < 1.29 is 9.50 Å². The van der Waals surface area contributed by atoms with E-state index in [2.05, 4.69) is 21.2 Å². The lowest BCUT2D eigenvalue weighted by atomic mass is 10.1. The van der Waals surface area contributed by atoms with E-state index in [-0.39, 0.29) is 12.4 Å². The number of rotatable bonds is 5. The summed E-state index contributed by atoms with van der Waals surface area (Å²) in [6, 6.07) is 12.4. The first-order valence-corrected chi connectivity index (χ1v) is 6.81. The lowest BCUT2D eigenvalue weighted by molar-refractivity contribution is 0.282. The number of hydrogen-bond acceptors (Lipinski definition) is 2. The van der Waals surface area contributed by atoms with Crippen LogP contribution in [0.4, 0.5) is 4.39 Å². The summed E-state index contributed by atoms with van der Waals surface area (Å²) in [7, 11) is 0. The summed E-state index contributed by atoms with van der Waals surface area (Å²) >= 11 is 3.40. The first-order valence-electron chi connectivity index (χ1n) is 6.02. The molecule has 2 aromatic rings. The first-order chi connectivity index (χ1) is 9.19. The van der Waals surface area contributed by atoms with E-state index in [0.717, 1.165) is 21.2 Å². The normalized spacial score (nSPS) is 10.7. The number of nitrogens with one attached hydrogen (secondary N) is 1. The van der Waals surface area contributed by atoms with Crippen LogP contribution in [0.3, 0.4) is 0 Å². The summed E-state index contributed by atoms with van der Waals surface area (Å²) in [5, 5.41) is 12.2.